The summed E-state index contributed by atoms with van der Waals surface area (Å²) >= 11 is 1.71. The maximum Gasteiger partial charge on any atom is 0.225 e. The number of nitrogens with zero attached hydrogens (tertiary/aromatic N) is 4. The van der Waals surface area contributed by atoms with Crippen molar-refractivity contribution in [2.24, 2.45) is 23.4 Å². The first-order valence-corrected chi connectivity index (χ1v) is 13.2. The number of pyridine rings is 2. The highest BCUT2D eigenvalue weighted by Gasteiger charge is 2.26. The third-order valence-corrected chi connectivity index (χ3v) is 7.54. The van der Waals surface area contributed by atoms with Crippen molar-refractivity contribution in [3.63, 3.8) is 0 Å². The molecule has 0 atom stereocenters. The number of rotatable bonds is 8. The van der Waals surface area contributed by atoms with Crippen LogP contribution in [0, 0.1) is 11.8 Å². The normalized spacial score (nSPS) is 17.9. The molecule has 0 aromatic carbocycles. The Bertz CT molecular complexity index is 1220. The molecule has 0 radical (unpaired) electrons. The molecule has 2 aliphatic rings. The highest BCUT2D eigenvalue weighted by atomic mass is 32.2. The van der Waals surface area contributed by atoms with Crippen LogP contribution in [0.2, 0.25) is 0 Å². The van der Waals surface area contributed by atoms with Crippen LogP contribution in [-0.2, 0) is 11.3 Å². The number of fused-ring (bicyclic) bond motifs is 3. The summed E-state index contributed by atoms with van der Waals surface area (Å²) in [4.78, 5) is 10.8. The second kappa shape index (κ2) is 9.64. The molecule has 0 amide bonds. The Morgan fingerprint density at radius 2 is 1.97 bits per heavy atom. The highest BCUT2D eigenvalue weighted by Crippen LogP contribution is 2.41. The van der Waals surface area contributed by atoms with E-state index < -0.39 is 0 Å². The van der Waals surface area contributed by atoms with Crippen molar-refractivity contribution >= 4 is 39.4 Å². The Kier molecular flexibility index (Phi) is 6.59. The summed E-state index contributed by atoms with van der Waals surface area (Å²) in [7, 11) is 1.80. The second-order valence-electron chi connectivity index (χ2n) is 9.51. The van der Waals surface area contributed by atoms with Gasteiger partial charge < -0.3 is 24.8 Å². The maximum absolute atomic E-state index is 6.26. The van der Waals surface area contributed by atoms with Gasteiger partial charge in [-0.3, -0.25) is 4.98 Å². The molecule has 5 rings (SSSR count). The van der Waals surface area contributed by atoms with Crippen molar-refractivity contribution in [1.82, 2.24) is 19.5 Å². The molecule has 4 N–H and O–H groups in total. The number of allylic oxidation sites excluding steroid dienone is 1. The highest BCUT2D eigenvalue weighted by molar-refractivity contribution is 7.98. The minimum absolute atomic E-state index is 0.540. The lowest BCUT2D eigenvalue weighted by atomic mass is 10.0. The van der Waals surface area contributed by atoms with Gasteiger partial charge in [-0.25, -0.2) is 10.8 Å². The Labute approximate surface area is 204 Å². The molecule has 0 spiro atoms. The van der Waals surface area contributed by atoms with Gasteiger partial charge in [0.1, 0.15) is 5.52 Å². The molecular weight excluding hydrogens is 448 g/mol. The van der Waals surface area contributed by atoms with Gasteiger partial charge in [-0.2, -0.15) is 0 Å². The van der Waals surface area contributed by atoms with E-state index in [-0.39, 0.29) is 0 Å². The van der Waals surface area contributed by atoms with Crippen molar-refractivity contribution in [2.45, 2.75) is 44.0 Å². The Hall–Kier alpha value is -2.49. The molecule has 182 valence electrons. The summed E-state index contributed by atoms with van der Waals surface area (Å²) in [5.74, 6) is 8.00. The van der Waals surface area contributed by atoms with E-state index in [1.807, 2.05) is 19.3 Å². The number of hydrogen-bond acceptors (Lipinski definition) is 8. The molecule has 0 unspecified atom stereocenters. The third-order valence-electron chi connectivity index (χ3n) is 6.80. The molecule has 8 nitrogen and oxygen atoms in total. The van der Waals surface area contributed by atoms with E-state index in [0.717, 1.165) is 70.7 Å². The topological polar surface area (TPSA) is 104 Å². The minimum atomic E-state index is 0.540. The van der Waals surface area contributed by atoms with Crippen LogP contribution >= 0.6 is 11.8 Å². The van der Waals surface area contributed by atoms with Crippen molar-refractivity contribution < 1.29 is 9.47 Å². The lowest BCUT2D eigenvalue weighted by Gasteiger charge is -2.24. The van der Waals surface area contributed by atoms with Crippen LogP contribution in [0.1, 0.15) is 38.2 Å². The molecule has 1 saturated heterocycles. The molecule has 4 heterocycles. The van der Waals surface area contributed by atoms with Crippen molar-refractivity contribution in [3.8, 4) is 5.88 Å². The summed E-state index contributed by atoms with van der Waals surface area (Å²) < 4.78 is 14.3. The smallest absolute Gasteiger partial charge is 0.225 e. The summed E-state index contributed by atoms with van der Waals surface area (Å²) in [5.41, 5.74) is 11.6. The Balaban J connectivity index is 1.73. The molecule has 1 aliphatic carbocycles. The molecular formula is C25H34N6O2S. The first-order chi connectivity index (χ1) is 16.5. The lowest BCUT2D eigenvalue weighted by Crippen LogP contribution is -2.26. The van der Waals surface area contributed by atoms with Gasteiger partial charge >= 0.3 is 0 Å². The minimum Gasteiger partial charge on any atom is -0.477 e. The zero-order chi connectivity index (χ0) is 23.8. The lowest BCUT2D eigenvalue weighted by molar-refractivity contribution is 0.0619. The van der Waals surface area contributed by atoms with Crippen LogP contribution in [0.25, 0.3) is 27.6 Å². The number of hydrogen-bond donors (Lipinski definition) is 2. The molecule has 9 heteroatoms. The fourth-order valence-corrected chi connectivity index (χ4v) is 5.44. The van der Waals surface area contributed by atoms with Gasteiger partial charge in [0.05, 0.1) is 33.6 Å². The second-order valence-corrected chi connectivity index (χ2v) is 10.4. The maximum atomic E-state index is 6.26. The molecule has 0 bridgehead atoms. The Morgan fingerprint density at radius 3 is 2.62 bits per heavy atom. The van der Waals surface area contributed by atoms with Crippen LogP contribution in [0.5, 0.6) is 5.88 Å². The van der Waals surface area contributed by atoms with E-state index in [1.165, 1.54) is 12.8 Å². The Morgan fingerprint density at radius 1 is 1.21 bits per heavy atom. The molecule has 1 saturated carbocycles. The zero-order valence-electron chi connectivity index (χ0n) is 20.2. The average molecular weight is 483 g/mol. The number of nitrogens with two attached hydrogens (primary N) is 2. The molecule has 3 aromatic rings. The first kappa shape index (κ1) is 23.3. The van der Waals surface area contributed by atoms with Crippen LogP contribution in [0.4, 0.5) is 0 Å². The number of hydrazine groups is 1. The van der Waals surface area contributed by atoms with Crippen molar-refractivity contribution in [2.75, 3.05) is 33.1 Å². The van der Waals surface area contributed by atoms with Gasteiger partial charge in [0, 0.05) is 50.5 Å². The van der Waals surface area contributed by atoms with Crippen LogP contribution in [0.3, 0.4) is 0 Å². The summed E-state index contributed by atoms with van der Waals surface area (Å²) in [6.45, 7) is 5.10. The quantitative estimate of drug-likeness (QED) is 0.282. The molecule has 1 aliphatic heterocycles. The van der Waals surface area contributed by atoms with Gasteiger partial charge in [-0.1, -0.05) is 0 Å². The SMILES string of the molecule is CSc1cnc(OCC2CC2)c2c3ncc(/C(=C(\C)N)N(C)N)cc3n(CC3CCOCC3)c12. The largest absolute Gasteiger partial charge is 0.477 e. The fourth-order valence-electron chi connectivity index (χ4n) is 4.88. The van der Waals surface area contributed by atoms with E-state index >= 15 is 0 Å². The van der Waals surface area contributed by atoms with E-state index in [1.54, 1.807) is 23.8 Å². The predicted molar refractivity (Wildman–Crippen MR) is 137 cm³/mol. The average Bonchev–Trinajstić information content (AvgIpc) is 3.60. The van der Waals surface area contributed by atoms with E-state index in [9.17, 15) is 0 Å². The summed E-state index contributed by atoms with van der Waals surface area (Å²) in [6, 6.07) is 2.16. The third kappa shape index (κ3) is 4.44. The first-order valence-electron chi connectivity index (χ1n) is 12.0. The zero-order valence-corrected chi connectivity index (χ0v) is 21.0. The molecule has 3 aromatic heterocycles. The van der Waals surface area contributed by atoms with Crippen LogP contribution in [0.15, 0.2) is 29.1 Å². The van der Waals surface area contributed by atoms with Gasteiger partial charge in [-0.15, -0.1) is 11.8 Å². The van der Waals surface area contributed by atoms with Gasteiger partial charge in [-0.05, 0) is 56.8 Å². The van der Waals surface area contributed by atoms with E-state index in [4.69, 9.17) is 31.0 Å². The van der Waals surface area contributed by atoms with Gasteiger partial charge in [0.25, 0.3) is 0 Å². The fraction of sp³-hybridized carbons (Fsp3) is 0.520. The number of aromatic nitrogens is 3. The molecule has 2 fully saturated rings. The number of ether oxygens (including phenoxy) is 2. The van der Waals surface area contributed by atoms with Crippen LogP contribution < -0.4 is 16.3 Å². The predicted octanol–water partition coefficient (Wildman–Crippen LogP) is 3.97. The van der Waals surface area contributed by atoms with Crippen molar-refractivity contribution in [1.29, 1.82) is 0 Å². The summed E-state index contributed by atoms with van der Waals surface area (Å²) in [6.07, 6.45) is 10.5. The molecule has 34 heavy (non-hydrogen) atoms. The monoisotopic (exact) mass is 482 g/mol. The van der Waals surface area contributed by atoms with Gasteiger partial charge in [0.2, 0.25) is 5.88 Å². The standard InChI is InChI=1S/C25H34N6O2S/c1-15(26)23(30(2)27)18-10-19-22(28-11-18)21-24(31(19)13-16-6-8-32-9-7-16)20(34-3)12-29-25(21)33-14-17-4-5-17/h10-12,16-17H,4-9,13-14,26-27H2,1-3H3/b23-15-. The van der Waals surface area contributed by atoms with Crippen molar-refractivity contribution in [3.05, 3.63) is 29.7 Å². The summed E-state index contributed by atoms with van der Waals surface area (Å²) in [5, 5.41) is 2.56. The number of thioether (sulfide) groups is 1. The van der Waals surface area contributed by atoms with Crippen LogP contribution in [-0.4, -0.2) is 52.7 Å². The van der Waals surface area contributed by atoms with Gasteiger partial charge in [0.15, 0.2) is 0 Å². The van der Waals surface area contributed by atoms with E-state index in [0.29, 0.717) is 30.0 Å². The van der Waals surface area contributed by atoms with E-state index in [2.05, 4.69) is 16.9 Å².